The van der Waals surface area contributed by atoms with Crippen molar-refractivity contribution in [2.24, 2.45) is 0 Å². The van der Waals surface area contributed by atoms with Crippen LogP contribution in [-0.2, 0) is 11.3 Å². The van der Waals surface area contributed by atoms with Gasteiger partial charge in [0.1, 0.15) is 11.6 Å². The van der Waals surface area contributed by atoms with E-state index in [0.29, 0.717) is 36.4 Å². The number of urea groups is 1. The number of carbonyl (C=O) groups excluding carboxylic acids is 2. The molecule has 2 aromatic rings. The highest BCUT2D eigenvalue weighted by molar-refractivity contribution is 6.31. The summed E-state index contributed by atoms with van der Waals surface area (Å²) in [7, 11) is 0. The number of nitrogens with zero attached hydrogens (tertiary/aromatic N) is 1. The van der Waals surface area contributed by atoms with Crippen LogP contribution in [0.5, 0.6) is 0 Å². The number of allylic oxidation sites excluding steroid dienone is 1. The van der Waals surface area contributed by atoms with Gasteiger partial charge in [-0.3, -0.25) is 15.1 Å². The number of amidine groups is 1. The second-order valence-corrected chi connectivity index (χ2v) is 10.1. The lowest BCUT2D eigenvalue weighted by atomic mass is 9.93. The summed E-state index contributed by atoms with van der Waals surface area (Å²) in [5.74, 6) is -0.189. The van der Waals surface area contributed by atoms with Crippen LogP contribution in [0.3, 0.4) is 0 Å². The standard InChI is InChI=1S/C27H30ClF3N4O2.C3H8.C2H6.CH3N/c1-18-6-8-20(9-7-18)25(32)35(15-13-27(29,30)31)26(37)33-14-12-19-10-11-22(36)16-24(19)34-17-21-4-2-3-5-23(21)28;1-3-2;2*1-2/h2-9,32,34H,10-17H2,1H3,(H,33,37);3H2,1-2H3;1-2H3;2H,1H2. The molecule has 0 saturated carbocycles. The maximum atomic E-state index is 12.9. The predicted octanol–water partition coefficient (Wildman–Crippen LogP) is 8.83. The lowest BCUT2D eigenvalue weighted by Crippen LogP contribution is -2.45. The molecule has 0 atom stereocenters. The molecular weight excluding hydrogens is 591 g/mol. The zero-order valence-electron chi connectivity index (χ0n) is 26.5. The van der Waals surface area contributed by atoms with Gasteiger partial charge < -0.3 is 16.0 Å². The third kappa shape index (κ3) is 15.2. The minimum absolute atomic E-state index is 0.110. The van der Waals surface area contributed by atoms with Crippen LogP contribution < -0.4 is 10.6 Å². The molecule has 1 aliphatic carbocycles. The summed E-state index contributed by atoms with van der Waals surface area (Å²) in [6, 6.07) is 13.3. The number of benzene rings is 2. The van der Waals surface area contributed by atoms with Gasteiger partial charge in [-0.2, -0.15) is 13.2 Å². The molecule has 2 amide bonds. The number of aryl methyl sites for hydroxylation is 1. The molecule has 2 aromatic carbocycles. The first-order valence-corrected chi connectivity index (χ1v) is 15.2. The highest BCUT2D eigenvalue weighted by atomic mass is 35.5. The van der Waals surface area contributed by atoms with E-state index in [4.69, 9.17) is 22.4 Å². The van der Waals surface area contributed by atoms with E-state index >= 15 is 0 Å². The number of alkyl halides is 3. The summed E-state index contributed by atoms with van der Waals surface area (Å²) in [5, 5.41) is 20.4. The monoisotopic (exact) mass is 637 g/mol. The van der Waals surface area contributed by atoms with Crippen molar-refractivity contribution >= 4 is 36.0 Å². The Kier molecular flexibility index (Phi) is 20.1. The zero-order valence-corrected chi connectivity index (χ0v) is 27.2. The molecule has 4 N–H and O–H groups in total. The Bertz CT molecular complexity index is 1200. The number of hydrogen-bond acceptors (Lipinski definition) is 5. The Hall–Kier alpha value is -3.66. The number of ketones is 1. The van der Waals surface area contributed by atoms with E-state index in [1.165, 1.54) is 6.42 Å². The van der Waals surface area contributed by atoms with Gasteiger partial charge in [0, 0.05) is 48.8 Å². The first kappa shape index (κ1) is 40.3. The van der Waals surface area contributed by atoms with Crippen molar-refractivity contribution in [3.05, 3.63) is 81.5 Å². The first-order valence-electron chi connectivity index (χ1n) is 14.8. The van der Waals surface area contributed by atoms with Crippen LogP contribution in [0.2, 0.25) is 5.02 Å². The van der Waals surface area contributed by atoms with Gasteiger partial charge >= 0.3 is 12.2 Å². The molecule has 0 spiro atoms. The topological polar surface area (TPSA) is 109 Å². The summed E-state index contributed by atoms with van der Waals surface area (Å²) >= 11 is 6.22. The summed E-state index contributed by atoms with van der Waals surface area (Å²) in [6.45, 7) is 12.5. The number of Topliss-reactive ketones (excluding diaryl/α,β-unsaturated/α-hetero) is 1. The molecule has 1 aliphatic rings. The molecule has 44 heavy (non-hydrogen) atoms. The fraction of sp³-hybridized carbons (Fsp3) is 0.455. The van der Waals surface area contributed by atoms with Gasteiger partial charge in [0.2, 0.25) is 0 Å². The third-order valence-corrected chi connectivity index (χ3v) is 6.49. The summed E-state index contributed by atoms with van der Waals surface area (Å²) < 4.78 is 38.7. The Morgan fingerprint density at radius 3 is 2.20 bits per heavy atom. The number of carbonyl (C=O) groups is 2. The highest BCUT2D eigenvalue weighted by Crippen LogP contribution is 2.25. The van der Waals surface area contributed by atoms with E-state index in [1.54, 1.807) is 30.3 Å². The minimum atomic E-state index is -4.46. The van der Waals surface area contributed by atoms with Crippen LogP contribution in [0.15, 0.2) is 59.8 Å². The fourth-order valence-corrected chi connectivity index (χ4v) is 4.20. The van der Waals surface area contributed by atoms with Gasteiger partial charge in [0.05, 0.1) is 6.42 Å². The maximum absolute atomic E-state index is 12.9. The first-order chi connectivity index (χ1) is 20.9. The van der Waals surface area contributed by atoms with Gasteiger partial charge in [0.25, 0.3) is 0 Å². The quantitative estimate of drug-likeness (QED) is 0.163. The lowest BCUT2D eigenvalue weighted by molar-refractivity contribution is -0.135. The van der Waals surface area contributed by atoms with Crippen LogP contribution in [0.4, 0.5) is 18.0 Å². The van der Waals surface area contributed by atoms with Gasteiger partial charge in [-0.25, -0.2) is 4.79 Å². The summed E-state index contributed by atoms with van der Waals surface area (Å²) in [5.41, 5.74) is 3.93. The minimum Gasteiger partial charge on any atom is -0.384 e. The Labute approximate surface area is 265 Å². The van der Waals surface area contributed by atoms with E-state index in [-0.39, 0.29) is 24.6 Å². The van der Waals surface area contributed by atoms with E-state index in [2.05, 4.69) is 31.2 Å². The Morgan fingerprint density at radius 1 is 1.05 bits per heavy atom. The van der Waals surface area contributed by atoms with Gasteiger partial charge in [-0.05, 0) is 43.7 Å². The molecule has 0 fully saturated rings. The lowest BCUT2D eigenvalue weighted by Gasteiger charge is -2.25. The SMILES string of the molecule is C=N.CC.CCC.Cc1ccc(C(=N)N(CCC(F)(F)F)C(=O)NCCC2=C(NCc3ccccc3Cl)CC(=O)CC2)cc1. The smallest absolute Gasteiger partial charge is 0.384 e. The van der Waals surface area contributed by atoms with E-state index in [0.717, 1.165) is 27.3 Å². The second kappa shape index (κ2) is 21.9. The molecule has 244 valence electrons. The average Bonchev–Trinajstić information content (AvgIpc) is 3.00. The van der Waals surface area contributed by atoms with Crippen molar-refractivity contribution in [3.8, 4) is 0 Å². The highest BCUT2D eigenvalue weighted by Gasteiger charge is 2.31. The van der Waals surface area contributed by atoms with Crippen molar-refractivity contribution in [3.63, 3.8) is 0 Å². The average molecular weight is 638 g/mol. The van der Waals surface area contributed by atoms with E-state index in [9.17, 15) is 22.8 Å². The molecule has 0 bridgehead atoms. The van der Waals surface area contributed by atoms with Crippen LogP contribution in [0, 0.1) is 17.7 Å². The molecular formula is C33H47ClF3N5O2. The van der Waals surface area contributed by atoms with E-state index in [1.807, 2.05) is 39.0 Å². The van der Waals surface area contributed by atoms with Gasteiger partial charge in [-0.15, -0.1) is 0 Å². The number of halogens is 4. The predicted molar refractivity (Wildman–Crippen MR) is 175 cm³/mol. The Morgan fingerprint density at radius 2 is 1.64 bits per heavy atom. The fourth-order valence-electron chi connectivity index (χ4n) is 4.00. The third-order valence-electron chi connectivity index (χ3n) is 6.12. The van der Waals surface area contributed by atoms with Crippen LogP contribution in [-0.4, -0.2) is 48.5 Å². The molecule has 0 unspecified atom stereocenters. The van der Waals surface area contributed by atoms with Crippen LogP contribution >= 0.6 is 11.6 Å². The molecule has 0 aliphatic heterocycles. The van der Waals surface area contributed by atoms with Crippen LogP contribution in [0.1, 0.15) is 82.9 Å². The normalized spacial score (nSPS) is 12.3. The van der Waals surface area contributed by atoms with E-state index < -0.39 is 25.2 Å². The molecule has 3 rings (SSSR count). The second-order valence-electron chi connectivity index (χ2n) is 9.66. The van der Waals surface area contributed by atoms with Gasteiger partial charge in [0.15, 0.2) is 0 Å². The maximum Gasteiger partial charge on any atom is 0.390 e. The largest absolute Gasteiger partial charge is 0.390 e. The van der Waals surface area contributed by atoms with Crippen molar-refractivity contribution in [1.82, 2.24) is 15.5 Å². The van der Waals surface area contributed by atoms with Crippen molar-refractivity contribution in [2.75, 3.05) is 13.1 Å². The zero-order chi connectivity index (χ0) is 33.7. The van der Waals surface area contributed by atoms with Crippen molar-refractivity contribution in [1.29, 1.82) is 10.8 Å². The number of amides is 2. The number of nitrogens with one attached hydrogen (secondary N) is 4. The molecule has 0 heterocycles. The van der Waals surface area contributed by atoms with Crippen LogP contribution in [0.25, 0.3) is 0 Å². The molecule has 0 aromatic heterocycles. The molecule has 0 radical (unpaired) electrons. The number of hydrogen-bond donors (Lipinski definition) is 4. The molecule has 0 saturated heterocycles. The number of rotatable bonds is 9. The Balaban J connectivity index is 0.00000244. The summed E-state index contributed by atoms with van der Waals surface area (Å²) in [4.78, 5) is 25.7. The van der Waals surface area contributed by atoms with Crippen molar-refractivity contribution < 1.29 is 22.8 Å². The molecule has 7 nitrogen and oxygen atoms in total. The molecule has 11 heteroatoms. The van der Waals surface area contributed by atoms with Crippen molar-refractivity contribution in [2.45, 2.75) is 85.9 Å². The summed E-state index contributed by atoms with van der Waals surface area (Å²) in [6.07, 6.45) is -2.82. The van der Waals surface area contributed by atoms with Gasteiger partial charge in [-0.1, -0.05) is 93.7 Å².